The molecule has 0 radical (unpaired) electrons. The number of hydrogen-bond acceptors (Lipinski definition) is 3. The zero-order valence-corrected chi connectivity index (χ0v) is 20.6. The summed E-state index contributed by atoms with van der Waals surface area (Å²) in [7, 11) is 0. The molecule has 0 N–H and O–H groups in total. The molecule has 0 amide bonds. The minimum Gasteiger partial charge on any atom is -0.256 e. The summed E-state index contributed by atoms with van der Waals surface area (Å²) in [5.41, 5.74) is 9.41. The number of rotatable bonds is 4. The third-order valence-electron chi connectivity index (χ3n) is 6.96. The lowest BCUT2D eigenvalue weighted by Crippen LogP contribution is -1.97. The van der Waals surface area contributed by atoms with E-state index in [-0.39, 0.29) is 0 Å². The highest BCUT2D eigenvalue weighted by Gasteiger charge is 2.16. The fourth-order valence-corrected chi connectivity index (χ4v) is 5.09. The van der Waals surface area contributed by atoms with E-state index in [1.165, 1.54) is 16.7 Å². The van der Waals surface area contributed by atoms with Gasteiger partial charge in [-0.3, -0.25) is 4.98 Å². The summed E-state index contributed by atoms with van der Waals surface area (Å²) >= 11 is 0. The van der Waals surface area contributed by atoms with Crippen LogP contribution in [0.25, 0.3) is 66.7 Å². The van der Waals surface area contributed by atoms with E-state index in [4.69, 9.17) is 15.0 Å². The molecule has 0 saturated carbocycles. The number of fused-ring (bicyclic) bond motifs is 2. The van der Waals surface area contributed by atoms with E-state index in [0.717, 1.165) is 44.2 Å². The summed E-state index contributed by atoms with van der Waals surface area (Å²) in [5, 5.41) is 2.12. The van der Waals surface area contributed by atoms with Crippen LogP contribution in [0, 0.1) is 0 Å². The van der Waals surface area contributed by atoms with Crippen molar-refractivity contribution in [2.24, 2.45) is 0 Å². The second kappa shape index (κ2) is 9.38. The normalized spacial score (nSPS) is 11.2. The molecular weight excluding hydrogens is 462 g/mol. The third kappa shape index (κ3) is 3.91. The Morgan fingerprint density at radius 3 is 1.79 bits per heavy atom. The highest BCUT2D eigenvalue weighted by Crippen LogP contribution is 2.37. The first-order chi connectivity index (χ1) is 18.8. The molecule has 7 rings (SSSR count). The Hall–Kier alpha value is -5.15. The lowest BCUT2D eigenvalue weighted by atomic mass is 9.95. The van der Waals surface area contributed by atoms with Crippen LogP contribution in [0.4, 0.5) is 0 Å². The van der Waals surface area contributed by atoms with Gasteiger partial charge in [0.05, 0.1) is 16.7 Å². The van der Waals surface area contributed by atoms with Gasteiger partial charge in [-0.15, -0.1) is 0 Å². The molecule has 2 aromatic heterocycles. The van der Waals surface area contributed by atoms with Gasteiger partial charge in [0.2, 0.25) is 0 Å². The smallest absolute Gasteiger partial charge is 0.160 e. The SMILES string of the molecule is c1ccc(-c2ccc(-c3nc(-c4ccc(-c5ccccc5)c5cccnc45)c4ccccc4n3)cc2)cc1. The topological polar surface area (TPSA) is 38.7 Å². The van der Waals surface area contributed by atoms with Crippen LogP contribution in [0.5, 0.6) is 0 Å². The van der Waals surface area contributed by atoms with Crippen LogP contribution >= 0.6 is 0 Å². The number of pyridine rings is 1. The maximum absolute atomic E-state index is 5.15. The number of para-hydroxylation sites is 1. The number of aromatic nitrogens is 3. The summed E-state index contributed by atoms with van der Waals surface area (Å²) < 4.78 is 0. The van der Waals surface area contributed by atoms with Crippen LogP contribution in [0.3, 0.4) is 0 Å². The molecule has 0 bridgehead atoms. The number of benzene rings is 5. The minimum absolute atomic E-state index is 0.703. The van der Waals surface area contributed by atoms with Gasteiger partial charge in [-0.1, -0.05) is 115 Å². The minimum atomic E-state index is 0.703. The molecule has 2 heterocycles. The summed E-state index contributed by atoms with van der Waals surface area (Å²) in [6.07, 6.45) is 1.85. The molecule has 0 aliphatic heterocycles. The molecule has 3 heteroatoms. The van der Waals surface area contributed by atoms with Gasteiger partial charge in [0.1, 0.15) is 0 Å². The van der Waals surface area contributed by atoms with E-state index in [0.29, 0.717) is 5.82 Å². The van der Waals surface area contributed by atoms with Crippen LogP contribution in [0.2, 0.25) is 0 Å². The maximum Gasteiger partial charge on any atom is 0.160 e. The third-order valence-corrected chi connectivity index (χ3v) is 6.96. The van der Waals surface area contributed by atoms with Crippen molar-refractivity contribution in [2.75, 3.05) is 0 Å². The molecular formula is C35H23N3. The molecule has 0 aliphatic rings. The first kappa shape index (κ1) is 22.1. The van der Waals surface area contributed by atoms with E-state index in [1.54, 1.807) is 0 Å². The summed E-state index contributed by atoms with van der Waals surface area (Å²) in [6, 6.07) is 46.0. The molecule has 0 spiro atoms. The highest BCUT2D eigenvalue weighted by atomic mass is 14.9. The molecule has 0 atom stereocenters. The van der Waals surface area contributed by atoms with Crippen LogP contribution < -0.4 is 0 Å². The summed E-state index contributed by atoms with van der Waals surface area (Å²) in [4.78, 5) is 14.9. The van der Waals surface area contributed by atoms with Crippen molar-refractivity contribution in [3.63, 3.8) is 0 Å². The van der Waals surface area contributed by atoms with Crippen molar-refractivity contribution in [3.05, 3.63) is 140 Å². The summed E-state index contributed by atoms with van der Waals surface area (Å²) in [6.45, 7) is 0. The average Bonchev–Trinajstić information content (AvgIpc) is 3.01. The molecule has 178 valence electrons. The van der Waals surface area contributed by atoms with Crippen LogP contribution in [0.15, 0.2) is 140 Å². The van der Waals surface area contributed by atoms with Crippen molar-refractivity contribution < 1.29 is 0 Å². The van der Waals surface area contributed by atoms with Gasteiger partial charge < -0.3 is 0 Å². The Kier molecular flexibility index (Phi) is 5.45. The maximum atomic E-state index is 5.15. The predicted molar refractivity (Wildman–Crippen MR) is 157 cm³/mol. The average molecular weight is 486 g/mol. The van der Waals surface area contributed by atoms with Crippen molar-refractivity contribution >= 4 is 21.8 Å². The van der Waals surface area contributed by atoms with Crippen molar-refractivity contribution in [3.8, 4) is 44.9 Å². The van der Waals surface area contributed by atoms with Gasteiger partial charge in [0.25, 0.3) is 0 Å². The second-order valence-electron chi connectivity index (χ2n) is 9.28. The van der Waals surface area contributed by atoms with E-state index in [1.807, 2.05) is 36.5 Å². The standard InChI is InChI=1S/C35H23N3/c1-3-10-24(11-4-1)25-17-19-27(20-18-25)35-37-32-16-8-7-14-30(32)34(38-35)31-22-21-28(26-12-5-2-6-13-26)29-15-9-23-36-33(29)31/h1-23H. The van der Waals surface area contributed by atoms with Crippen molar-refractivity contribution in [1.29, 1.82) is 0 Å². The summed E-state index contributed by atoms with van der Waals surface area (Å²) in [5.74, 6) is 0.703. The van der Waals surface area contributed by atoms with E-state index >= 15 is 0 Å². The van der Waals surface area contributed by atoms with Crippen molar-refractivity contribution in [2.45, 2.75) is 0 Å². The molecule has 3 nitrogen and oxygen atoms in total. The quantitative estimate of drug-likeness (QED) is 0.250. The van der Waals surface area contributed by atoms with Crippen LogP contribution in [-0.2, 0) is 0 Å². The zero-order chi connectivity index (χ0) is 25.3. The first-order valence-corrected chi connectivity index (χ1v) is 12.7. The second-order valence-corrected chi connectivity index (χ2v) is 9.28. The lowest BCUT2D eigenvalue weighted by Gasteiger charge is -2.13. The fraction of sp³-hybridized carbons (Fsp3) is 0. The van der Waals surface area contributed by atoms with Gasteiger partial charge in [0.15, 0.2) is 5.82 Å². The van der Waals surface area contributed by atoms with E-state index < -0.39 is 0 Å². The number of nitrogens with zero attached hydrogens (tertiary/aromatic N) is 3. The van der Waals surface area contributed by atoms with Gasteiger partial charge in [-0.2, -0.15) is 0 Å². The van der Waals surface area contributed by atoms with Crippen LogP contribution in [0.1, 0.15) is 0 Å². The Labute approximate surface area is 221 Å². The Morgan fingerprint density at radius 2 is 1.00 bits per heavy atom. The monoisotopic (exact) mass is 485 g/mol. The van der Waals surface area contributed by atoms with Gasteiger partial charge in [-0.05, 0) is 40.5 Å². The van der Waals surface area contributed by atoms with Crippen LogP contribution in [-0.4, -0.2) is 15.0 Å². The Bertz CT molecular complexity index is 1890. The Balaban J connectivity index is 1.41. The largest absolute Gasteiger partial charge is 0.256 e. The molecule has 0 fully saturated rings. The molecule has 38 heavy (non-hydrogen) atoms. The van der Waals surface area contributed by atoms with Gasteiger partial charge >= 0.3 is 0 Å². The molecule has 0 saturated heterocycles. The molecule has 5 aromatic carbocycles. The molecule has 7 aromatic rings. The predicted octanol–water partition coefficient (Wildman–Crippen LogP) is 8.85. The Morgan fingerprint density at radius 1 is 0.395 bits per heavy atom. The zero-order valence-electron chi connectivity index (χ0n) is 20.6. The lowest BCUT2D eigenvalue weighted by molar-refractivity contribution is 1.23. The number of hydrogen-bond donors (Lipinski definition) is 0. The first-order valence-electron chi connectivity index (χ1n) is 12.7. The fourth-order valence-electron chi connectivity index (χ4n) is 5.09. The highest BCUT2D eigenvalue weighted by molar-refractivity contribution is 6.06. The van der Waals surface area contributed by atoms with E-state index in [2.05, 4.69) is 103 Å². The van der Waals surface area contributed by atoms with E-state index in [9.17, 15) is 0 Å². The molecule has 0 unspecified atom stereocenters. The molecule has 0 aliphatic carbocycles. The van der Waals surface area contributed by atoms with Gasteiger partial charge in [-0.25, -0.2) is 9.97 Å². The van der Waals surface area contributed by atoms with Gasteiger partial charge in [0, 0.05) is 28.1 Å². The van der Waals surface area contributed by atoms with Crippen molar-refractivity contribution in [1.82, 2.24) is 15.0 Å².